The maximum absolute atomic E-state index is 15.7. The number of rotatable bonds is 2. The zero-order valence-corrected chi connectivity index (χ0v) is 29.7. The number of carbonyl (C=O) groups excluding carboxylic acids is 1. The number of sulfonamides is 1. The number of aryl methyl sites for hydroxylation is 1. The van der Waals surface area contributed by atoms with Crippen molar-refractivity contribution < 1.29 is 27.1 Å². The van der Waals surface area contributed by atoms with Crippen molar-refractivity contribution in [1.82, 2.24) is 9.71 Å². The summed E-state index contributed by atoms with van der Waals surface area (Å²) in [5.74, 6) is -0.782. The van der Waals surface area contributed by atoms with Crippen LogP contribution in [0.15, 0.2) is 67.0 Å². The molecular formula is C38H43ClFN3O5S. The van der Waals surface area contributed by atoms with Crippen LogP contribution >= 0.6 is 11.6 Å². The molecular weight excluding hydrogens is 665 g/mol. The third-order valence-electron chi connectivity index (χ3n) is 11.6. The highest BCUT2D eigenvalue weighted by Crippen LogP contribution is 2.52. The molecule has 3 aromatic rings. The lowest BCUT2D eigenvalue weighted by atomic mass is 9.62. The molecule has 8 nitrogen and oxygen atoms in total. The summed E-state index contributed by atoms with van der Waals surface area (Å²) in [5, 5.41) is -0.171. The molecule has 1 amide bonds. The van der Waals surface area contributed by atoms with E-state index in [2.05, 4.69) is 26.7 Å². The summed E-state index contributed by atoms with van der Waals surface area (Å²) < 4.78 is 57.9. The third-order valence-corrected chi connectivity index (χ3v) is 13.8. The van der Waals surface area contributed by atoms with E-state index in [-0.39, 0.29) is 28.7 Å². The molecule has 1 saturated carbocycles. The number of halogens is 2. The van der Waals surface area contributed by atoms with E-state index in [4.69, 9.17) is 21.1 Å². The van der Waals surface area contributed by atoms with Crippen LogP contribution in [-0.2, 0) is 32.2 Å². The van der Waals surface area contributed by atoms with Crippen molar-refractivity contribution in [3.63, 3.8) is 0 Å². The summed E-state index contributed by atoms with van der Waals surface area (Å²) in [6.45, 7) is 5.10. The number of ether oxygens (including phenoxy) is 2. The van der Waals surface area contributed by atoms with E-state index in [1.54, 1.807) is 38.4 Å². The molecule has 1 N–H and O–H groups in total. The van der Waals surface area contributed by atoms with Crippen LogP contribution in [0.25, 0.3) is 0 Å². The number of nitrogens with zero attached hydrogens (tertiary/aromatic N) is 2. The Morgan fingerprint density at radius 3 is 2.71 bits per heavy atom. The lowest BCUT2D eigenvalue weighted by Crippen LogP contribution is -2.52. The number of carbonyl (C=O) groups is 1. The number of nitrogens with one attached hydrogen (secondary N) is 1. The average Bonchev–Trinajstić information content (AvgIpc) is 3.22. The summed E-state index contributed by atoms with van der Waals surface area (Å²) in [7, 11) is -2.42. The van der Waals surface area contributed by atoms with Crippen LogP contribution in [0, 0.1) is 23.6 Å². The predicted octanol–water partition coefficient (Wildman–Crippen LogP) is 6.96. The van der Waals surface area contributed by atoms with Crippen molar-refractivity contribution in [3.05, 3.63) is 100 Å². The number of aromatic nitrogens is 1. The SMILES string of the molecule is CO[C@@]1(c2cnccc2F)/C=C/C[C@H](C)[C@@H](C)S(=O)(=O)NC(=O)c2ccc3c(c2)N(C[C@@H]2CC[C@H]21)C[C@@]1(CCCc2cc(Cl)ccc21)CO3. The quantitative estimate of drug-likeness (QED) is 0.288. The molecule has 260 valence electrons. The molecule has 2 aliphatic heterocycles. The Morgan fingerprint density at radius 1 is 1.12 bits per heavy atom. The van der Waals surface area contributed by atoms with Crippen LogP contribution < -0.4 is 14.4 Å². The van der Waals surface area contributed by atoms with Crippen LogP contribution in [0.3, 0.4) is 0 Å². The second-order valence-electron chi connectivity index (χ2n) is 14.4. The second kappa shape index (κ2) is 13.0. The van der Waals surface area contributed by atoms with Gasteiger partial charge in [-0.1, -0.05) is 36.7 Å². The zero-order valence-electron chi connectivity index (χ0n) is 28.1. The Morgan fingerprint density at radius 2 is 1.96 bits per heavy atom. The van der Waals surface area contributed by atoms with Crippen molar-refractivity contribution in [1.29, 1.82) is 0 Å². The molecule has 0 radical (unpaired) electrons. The largest absolute Gasteiger partial charge is 0.490 e. The maximum atomic E-state index is 15.7. The maximum Gasteiger partial charge on any atom is 0.264 e. The lowest BCUT2D eigenvalue weighted by Gasteiger charge is -2.50. The van der Waals surface area contributed by atoms with Gasteiger partial charge in [0, 0.05) is 60.1 Å². The van der Waals surface area contributed by atoms with E-state index in [0.717, 1.165) is 37.8 Å². The highest BCUT2D eigenvalue weighted by molar-refractivity contribution is 7.90. The third kappa shape index (κ3) is 6.03. The Balaban J connectivity index is 1.37. The van der Waals surface area contributed by atoms with E-state index in [0.29, 0.717) is 42.5 Å². The topological polar surface area (TPSA) is 97.8 Å². The minimum atomic E-state index is -4.03. The summed E-state index contributed by atoms with van der Waals surface area (Å²) >= 11 is 6.45. The monoisotopic (exact) mass is 707 g/mol. The summed E-state index contributed by atoms with van der Waals surface area (Å²) in [6.07, 6.45) is 11.7. The fraction of sp³-hybridized carbons (Fsp3) is 0.474. The summed E-state index contributed by atoms with van der Waals surface area (Å²) in [5.41, 5.74) is 2.30. The van der Waals surface area contributed by atoms with E-state index in [1.807, 2.05) is 25.1 Å². The molecule has 6 atom stereocenters. The van der Waals surface area contributed by atoms with Gasteiger partial charge in [0.2, 0.25) is 10.0 Å². The number of allylic oxidation sites excluding steroid dienone is 1. The van der Waals surface area contributed by atoms with Crippen LogP contribution in [0.2, 0.25) is 5.02 Å². The van der Waals surface area contributed by atoms with Crippen molar-refractivity contribution in [2.45, 2.75) is 68.6 Å². The fourth-order valence-electron chi connectivity index (χ4n) is 8.53. The normalized spacial score (nSPS) is 31.7. The van der Waals surface area contributed by atoms with Crippen LogP contribution in [0.1, 0.15) is 73.0 Å². The van der Waals surface area contributed by atoms with Crippen LogP contribution in [0.5, 0.6) is 5.75 Å². The molecule has 0 unspecified atom stereocenters. The first kappa shape index (κ1) is 34.0. The van der Waals surface area contributed by atoms with E-state index in [1.165, 1.54) is 23.4 Å². The van der Waals surface area contributed by atoms with Crippen molar-refractivity contribution in [2.24, 2.45) is 17.8 Å². The van der Waals surface area contributed by atoms with Gasteiger partial charge in [0.1, 0.15) is 17.2 Å². The van der Waals surface area contributed by atoms with Crippen LogP contribution in [-0.4, -0.2) is 51.4 Å². The molecule has 7 rings (SSSR count). The van der Waals surface area contributed by atoms with Gasteiger partial charge >= 0.3 is 0 Å². The van der Waals surface area contributed by atoms with Gasteiger partial charge in [-0.25, -0.2) is 17.5 Å². The van der Waals surface area contributed by atoms with Gasteiger partial charge < -0.3 is 14.4 Å². The molecule has 4 aliphatic rings. The Hall–Kier alpha value is -3.47. The first-order valence-electron chi connectivity index (χ1n) is 17.2. The number of pyridine rings is 1. The van der Waals surface area contributed by atoms with Crippen molar-refractivity contribution in [3.8, 4) is 5.75 Å². The van der Waals surface area contributed by atoms with E-state index in [9.17, 15) is 13.2 Å². The molecule has 2 bridgehead atoms. The van der Waals surface area contributed by atoms with Gasteiger partial charge in [-0.3, -0.25) is 9.78 Å². The Labute approximate surface area is 293 Å². The van der Waals surface area contributed by atoms with Crippen LogP contribution in [0.4, 0.5) is 10.1 Å². The average molecular weight is 708 g/mol. The molecule has 1 fully saturated rings. The number of methoxy groups -OCH3 is 1. The van der Waals surface area contributed by atoms with Gasteiger partial charge in [-0.05, 0) is 105 Å². The summed E-state index contributed by atoms with van der Waals surface area (Å²) in [4.78, 5) is 20.1. The number of amides is 1. The predicted molar refractivity (Wildman–Crippen MR) is 188 cm³/mol. The molecule has 1 aromatic heterocycles. The van der Waals surface area contributed by atoms with Gasteiger partial charge in [0.25, 0.3) is 5.91 Å². The van der Waals surface area contributed by atoms with E-state index < -0.39 is 32.6 Å². The number of fused-ring (bicyclic) bond motifs is 4. The van der Waals surface area contributed by atoms with Crippen molar-refractivity contribution in [2.75, 3.05) is 31.7 Å². The Bertz CT molecular complexity index is 1910. The minimum Gasteiger partial charge on any atom is -0.490 e. The second-order valence-corrected chi connectivity index (χ2v) is 16.9. The standard InChI is InChI=1S/C38H43ClFN3O5S/c1-24-6-4-16-38(47-3,32-20-41-17-14-33(32)40)31-11-8-28(31)21-43-22-37(15-5-7-26-18-29(39)10-12-30(26)37)23-48-35-13-9-27(19-34(35)43)36(44)42-49(45,46)25(24)2/h4,9-10,12-14,16-20,24-25,28,31H,5-8,11,15,21-23H2,1-3H3,(H,42,44)/b16-4+/t24-,25+,28-,31+,37-,38-/m0/s1. The Kier molecular flexibility index (Phi) is 9.03. The molecule has 49 heavy (non-hydrogen) atoms. The number of hydrogen-bond acceptors (Lipinski definition) is 7. The molecule has 2 aromatic carbocycles. The fourth-order valence-corrected chi connectivity index (χ4v) is 10.0. The molecule has 0 saturated heterocycles. The number of benzene rings is 2. The zero-order chi connectivity index (χ0) is 34.6. The molecule has 2 aliphatic carbocycles. The number of anilines is 1. The highest BCUT2D eigenvalue weighted by Gasteiger charge is 2.51. The highest BCUT2D eigenvalue weighted by atomic mass is 35.5. The summed E-state index contributed by atoms with van der Waals surface area (Å²) in [6, 6.07) is 12.6. The van der Waals surface area contributed by atoms with Gasteiger partial charge in [-0.2, -0.15) is 0 Å². The molecule has 11 heteroatoms. The first-order chi connectivity index (χ1) is 23.5. The first-order valence-corrected chi connectivity index (χ1v) is 19.1. The van der Waals surface area contributed by atoms with Gasteiger partial charge in [0.15, 0.2) is 0 Å². The molecule has 3 heterocycles. The lowest BCUT2D eigenvalue weighted by molar-refractivity contribution is -0.0825. The molecule has 1 spiro atoms. The van der Waals surface area contributed by atoms with Gasteiger partial charge in [0.05, 0.1) is 17.5 Å². The number of hydrogen-bond donors (Lipinski definition) is 1. The minimum absolute atomic E-state index is 0.0932. The van der Waals surface area contributed by atoms with Gasteiger partial charge in [-0.15, -0.1) is 0 Å². The smallest absolute Gasteiger partial charge is 0.264 e. The van der Waals surface area contributed by atoms with E-state index >= 15 is 4.39 Å². The van der Waals surface area contributed by atoms with Crippen molar-refractivity contribution >= 4 is 33.2 Å².